The first kappa shape index (κ1) is 15.7. The van der Waals surface area contributed by atoms with Crippen LogP contribution in [0.3, 0.4) is 0 Å². The third-order valence-electron chi connectivity index (χ3n) is 3.37. The van der Waals surface area contributed by atoms with Gasteiger partial charge in [-0.2, -0.15) is 11.8 Å². The predicted molar refractivity (Wildman–Crippen MR) is 84.8 cm³/mol. The molecule has 5 nitrogen and oxygen atoms in total. The summed E-state index contributed by atoms with van der Waals surface area (Å²) in [7, 11) is 1.78. The van der Waals surface area contributed by atoms with E-state index in [1.807, 2.05) is 18.2 Å². The van der Waals surface area contributed by atoms with Gasteiger partial charge < -0.3 is 15.0 Å². The number of benzene rings is 1. The molecule has 0 spiro atoms. The van der Waals surface area contributed by atoms with Gasteiger partial charge in [-0.3, -0.25) is 4.79 Å². The molecular weight excluding hydrogens is 288 g/mol. The van der Waals surface area contributed by atoms with Crippen LogP contribution in [0.4, 0.5) is 5.69 Å². The van der Waals surface area contributed by atoms with Crippen molar-refractivity contribution < 1.29 is 14.3 Å². The van der Waals surface area contributed by atoms with Gasteiger partial charge in [-0.05, 0) is 19.1 Å². The van der Waals surface area contributed by atoms with Gasteiger partial charge in [0.05, 0.1) is 12.2 Å². The second kappa shape index (κ2) is 7.36. The number of para-hydroxylation sites is 1. The fourth-order valence-electron chi connectivity index (χ4n) is 2.32. The van der Waals surface area contributed by atoms with Crippen LogP contribution in [0.15, 0.2) is 24.3 Å². The summed E-state index contributed by atoms with van der Waals surface area (Å²) in [6, 6.07) is 6.83. The summed E-state index contributed by atoms with van der Waals surface area (Å²) in [6.45, 7) is 2.66. The molecule has 1 aliphatic heterocycles. The molecular formula is C15H20N2O3S. The summed E-state index contributed by atoms with van der Waals surface area (Å²) in [6.07, 6.45) is 0. The van der Waals surface area contributed by atoms with Crippen LogP contribution in [-0.4, -0.2) is 54.5 Å². The molecule has 0 aromatic heterocycles. The highest BCUT2D eigenvalue weighted by molar-refractivity contribution is 7.99. The van der Waals surface area contributed by atoms with Crippen LogP contribution in [0.5, 0.6) is 0 Å². The SMILES string of the molecule is CCOC(=O)C1CSCCN1C(=O)c1ccccc1NC. The Balaban J connectivity index is 2.24. The Morgan fingerprint density at radius 1 is 1.43 bits per heavy atom. The molecule has 1 saturated heterocycles. The fraction of sp³-hybridized carbons (Fsp3) is 0.467. The van der Waals surface area contributed by atoms with E-state index in [9.17, 15) is 9.59 Å². The number of ether oxygens (including phenoxy) is 1. The Bertz CT molecular complexity index is 521. The minimum atomic E-state index is -0.499. The first-order valence-electron chi connectivity index (χ1n) is 7.01. The molecule has 0 aliphatic carbocycles. The van der Waals surface area contributed by atoms with Gasteiger partial charge in [0.25, 0.3) is 5.91 Å². The Kier molecular flexibility index (Phi) is 5.50. The number of amides is 1. The van der Waals surface area contributed by atoms with Crippen molar-refractivity contribution in [2.75, 3.05) is 37.0 Å². The van der Waals surface area contributed by atoms with Crippen LogP contribution in [0.1, 0.15) is 17.3 Å². The Morgan fingerprint density at radius 3 is 2.90 bits per heavy atom. The molecule has 1 N–H and O–H groups in total. The number of carbonyl (C=O) groups excluding carboxylic acids is 2. The van der Waals surface area contributed by atoms with E-state index in [1.54, 1.807) is 36.7 Å². The Hall–Kier alpha value is -1.69. The highest BCUT2D eigenvalue weighted by atomic mass is 32.2. The van der Waals surface area contributed by atoms with E-state index in [0.717, 1.165) is 11.4 Å². The second-order valence-corrected chi connectivity index (χ2v) is 5.79. The number of carbonyl (C=O) groups is 2. The van der Waals surface area contributed by atoms with Crippen molar-refractivity contribution in [3.63, 3.8) is 0 Å². The van der Waals surface area contributed by atoms with Crippen molar-refractivity contribution in [3.8, 4) is 0 Å². The average Bonchev–Trinajstić information content (AvgIpc) is 2.54. The number of anilines is 1. The normalized spacial score (nSPS) is 18.2. The number of thioether (sulfide) groups is 1. The van der Waals surface area contributed by atoms with E-state index in [0.29, 0.717) is 24.5 Å². The maximum Gasteiger partial charge on any atom is 0.329 e. The van der Waals surface area contributed by atoms with Gasteiger partial charge in [0.2, 0.25) is 0 Å². The topological polar surface area (TPSA) is 58.6 Å². The minimum absolute atomic E-state index is 0.127. The van der Waals surface area contributed by atoms with Gasteiger partial charge >= 0.3 is 5.97 Å². The van der Waals surface area contributed by atoms with Gasteiger partial charge in [0.15, 0.2) is 0 Å². The van der Waals surface area contributed by atoms with Crippen molar-refractivity contribution >= 4 is 29.3 Å². The van der Waals surface area contributed by atoms with Gasteiger partial charge in [-0.15, -0.1) is 0 Å². The first-order chi connectivity index (χ1) is 10.2. The van der Waals surface area contributed by atoms with Crippen molar-refractivity contribution in [1.82, 2.24) is 4.90 Å². The van der Waals surface area contributed by atoms with Crippen LogP contribution in [-0.2, 0) is 9.53 Å². The number of nitrogens with one attached hydrogen (secondary N) is 1. The van der Waals surface area contributed by atoms with Gasteiger partial charge in [-0.25, -0.2) is 4.79 Å². The molecule has 6 heteroatoms. The van der Waals surface area contributed by atoms with Crippen molar-refractivity contribution in [1.29, 1.82) is 0 Å². The molecule has 1 aliphatic rings. The van der Waals surface area contributed by atoms with Crippen LogP contribution in [0, 0.1) is 0 Å². The van der Waals surface area contributed by atoms with Crippen LogP contribution < -0.4 is 5.32 Å². The number of nitrogens with zero attached hydrogens (tertiary/aromatic N) is 1. The molecule has 114 valence electrons. The molecule has 21 heavy (non-hydrogen) atoms. The quantitative estimate of drug-likeness (QED) is 0.860. The van der Waals surface area contributed by atoms with Crippen LogP contribution in [0.2, 0.25) is 0 Å². The smallest absolute Gasteiger partial charge is 0.329 e. The molecule has 1 amide bonds. The zero-order chi connectivity index (χ0) is 15.2. The summed E-state index contributed by atoms with van der Waals surface area (Å²) in [5, 5.41) is 3.02. The zero-order valence-electron chi connectivity index (χ0n) is 12.3. The monoisotopic (exact) mass is 308 g/mol. The van der Waals surface area contributed by atoms with E-state index >= 15 is 0 Å². The third-order valence-corrected chi connectivity index (χ3v) is 4.40. The summed E-state index contributed by atoms with van der Waals surface area (Å²) in [4.78, 5) is 26.5. The largest absolute Gasteiger partial charge is 0.464 e. The van der Waals surface area contributed by atoms with Crippen molar-refractivity contribution in [2.24, 2.45) is 0 Å². The van der Waals surface area contributed by atoms with E-state index in [4.69, 9.17) is 4.74 Å². The highest BCUT2D eigenvalue weighted by Gasteiger charge is 2.34. The molecule has 1 unspecified atom stereocenters. The van der Waals surface area contributed by atoms with E-state index in [2.05, 4.69) is 5.32 Å². The third kappa shape index (κ3) is 3.50. The molecule has 1 heterocycles. The number of esters is 1. The number of hydrogen-bond acceptors (Lipinski definition) is 5. The molecule has 0 radical (unpaired) electrons. The summed E-state index contributed by atoms with van der Waals surface area (Å²) < 4.78 is 5.09. The molecule has 0 saturated carbocycles. The lowest BCUT2D eigenvalue weighted by Gasteiger charge is -2.34. The molecule has 2 rings (SSSR count). The van der Waals surface area contributed by atoms with Gasteiger partial charge in [-0.1, -0.05) is 12.1 Å². The lowest BCUT2D eigenvalue weighted by molar-refractivity contribution is -0.147. The van der Waals surface area contributed by atoms with Crippen LogP contribution in [0.25, 0.3) is 0 Å². The number of rotatable bonds is 4. The standard InChI is InChI=1S/C15H20N2O3S/c1-3-20-15(19)13-10-21-9-8-17(13)14(18)11-6-4-5-7-12(11)16-2/h4-7,13,16H,3,8-10H2,1-2H3. The summed E-state index contributed by atoms with van der Waals surface area (Å²) in [5.74, 6) is 0.980. The minimum Gasteiger partial charge on any atom is -0.464 e. The molecule has 1 aromatic carbocycles. The zero-order valence-corrected chi connectivity index (χ0v) is 13.1. The summed E-state index contributed by atoms with van der Waals surface area (Å²) in [5.41, 5.74) is 1.35. The Labute approximate surface area is 129 Å². The lowest BCUT2D eigenvalue weighted by atomic mass is 10.1. The van der Waals surface area contributed by atoms with Crippen molar-refractivity contribution in [3.05, 3.63) is 29.8 Å². The van der Waals surface area contributed by atoms with E-state index in [-0.39, 0.29) is 11.9 Å². The summed E-state index contributed by atoms with van der Waals surface area (Å²) >= 11 is 1.67. The van der Waals surface area contributed by atoms with Gasteiger partial charge in [0.1, 0.15) is 6.04 Å². The van der Waals surface area contributed by atoms with Crippen LogP contribution >= 0.6 is 11.8 Å². The maximum atomic E-state index is 12.8. The first-order valence-corrected chi connectivity index (χ1v) is 8.16. The second-order valence-electron chi connectivity index (χ2n) is 4.64. The molecule has 0 bridgehead atoms. The van der Waals surface area contributed by atoms with Gasteiger partial charge in [0, 0.05) is 30.8 Å². The number of hydrogen-bond donors (Lipinski definition) is 1. The Morgan fingerprint density at radius 2 is 2.19 bits per heavy atom. The molecule has 1 aromatic rings. The fourth-order valence-corrected chi connectivity index (χ4v) is 3.35. The molecule has 1 atom stereocenters. The molecule has 1 fully saturated rings. The lowest BCUT2D eigenvalue weighted by Crippen LogP contribution is -2.51. The van der Waals surface area contributed by atoms with E-state index < -0.39 is 6.04 Å². The van der Waals surface area contributed by atoms with Crippen molar-refractivity contribution in [2.45, 2.75) is 13.0 Å². The van der Waals surface area contributed by atoms with E-state index in [1.165, 1.54) is 0 Å². The predicted octanol–water partition coefficient (Wildman–Crippen LogP) is 1.85. The average molecular weight is 308 g/mol. The maximum absolute atomic E-state index is 12.8. The highest BCUT2D eigenvalue weighted by Crippen LogP contribution is 2.23.